The molecule has 0 radical (unpaired) electrons. The number of hydrogen-bond donors (Lipinski definition) is 0. The SMILES string of the molecule is O=[N+]([O-])c1ccc2c(c1)-c1nc-2nc2[n-]c(nc3nc(nc4[n-]c(n1)c1ccc([N+](=O)[O-])cc41)-c1cc([N+](=O)[O-])ccc1-3)c1cc([N+](=O)[O-])ccc21.[Ni+2]. The predicted molar refractivity (Wildman–Crippen MR) is 181 cm³/mol. The molecule has 0 saturated heterocycles. The van der Waals surface area contributed by atoms with Crippen molar-refractivity contribution in [2.24, 2.45) is 0 Å². The van der Waals surface area contributed by atoms with Crippen LogP contribution in [0.2, 0.25) is 0 Å². The maximum Gasteiger partial charge on any atom is 2.00 e. The third-order valence-corrected chi connectivity index (χ3v) is 8.48. The van der Waals surface area contributed by atoms with Gasteiger partial charge >= 0.3 is 16.5 Å². The molecule has 2 aliphatic heterocycles. The number of hydrogen-bond acceptors (Lipinski definition) is 14. The molecule has 9 rings (SSSR count). The van der Waals surface area contributed by atoms with E-state index in [0.717, 1.165) is 0 Å². The number of non-ortho nitro benzene ring substituents is 4. The van der Waals surface area contributed by atoms with Crippen LogP contribution in [0, 0.1) is 40.5 Å². The Kier molecular flexibility index (Phi) is 7.19. The molecule has 53 heavy (non-hydrogen) atoms. The van der Waals surface area contributed by atoms with Gasteiger partial charge in [0.15, 0.2) is 0 Å². The first-order chi connectivity index (χ1) is 25.0. The molecule has 0 atom stereocenters. The molecule has 5 heterocycles. The number of nitro groups is 4. The molecule has 0 unspecified atom stereocenters. The van der Waals surface area contributed by atoms with Gasteiger partial charge < -0.3 is 29.9 Å². The summed E-state index contributed by atoms with van der Waals surface area (Å²) in [5.41, 5.74) is -0.0475. The van der Waals surface area contributed by atoms with Crippen molar-refractivity contribution < 1.29 is 36.2 Å². The van der Waals surface area contributed by atoms with Gasteiger partial charge in [-0.2, -0.15) is 0 Å². The molecular weight excluding hydrogens is 739 g/mol. The molecule has 0 N–H and O–H groups in total. The van der Waals surface area contributed by atoms with E-state index in [1.165, 1.54) is 72.8 Å². The van der Waals surface area contributed by atoms with E-state index in [9.17, 15) is 40.5 Å². The minimum atomic E-state index is -0.603. The van der Waals surface area contributed by atoms with Crippen LogP contribution in [0.4, 0.5) is 22.7 Å². The molecule has 258 valence electrons. The van der Waals surface area contributed by atoms with E-state index in [4.69, 9.17) is 0 Å². The van der Waals surface area contributed by atoms with E-state index in [1.807, 2.05) is 0 Å². The molecule has 0 amide bonds. The number of aromatic nitrogens is 8. The van der Waals surface area contributed by atoms with Crippen LogP contribution < -0.4 is 9.97 Å². The van der Waals surface area contributed by atoms with Gasteiger partial charge in [0.1, 0.15) is 0 Å². The number of benzene rings is 4. The molecule has 4 aromatic carbocycles. The molecule has 21 heteroatoms. The third-order valence-electron chi connectivity index (χ3n) is 8.48. The fourth-order valence-electron chi connectivity index (χ4n) is 6.07. The zero-order chi connectivity index (χ0) is 36.0. The van der Waals surface area contributed by atoms with Gasteiger partial charge in [-0.25, -0.2) is 9.97 Å². The van der Waals surface area contributed by atoms with Gasteiger partial charge in [0.2, 0.25) is 0 Å². The van der Waals surface area contributed by atoms with Gasteiger partial charge in [0.25, 0.3) is 22.7 Å². The van der Waals surface area contributed by atoms with Gasteiger partial charge in [0, 0.05) is 104 Å². The van der Waals surface area contributed by atoms with Crippen molar-refractivity contribution in [3.63, 3.8) is 0 Å². The van der Waals surface area contributed by atoms with E-state index in [2.05, 4.69) is 39.9 Å². The minimum Gasteiger partial charge on any atom is -0.357 e. The molecular formula is C32H12N12NiO8. The summed E-state index contributed by atoms with van der Waals surface area (Å²) in [4.78, 5) is 81.5. The van der Waals surface area contributed by atoms with Crippen LogP contribution in [0.3, 0.4) is 0 Å². The van der Waals surface area contributed by atoms with Crippen LogP contribution in [0.5, 0.6) is 0 Å². The maximum absolute atomic E-state index is 11.8. The molecule has 0 spiro atoms. The Labute approximate surface area is 301 Å². The number of nitro benzene ring substituents is 4. The largest absolute Gasteiger partial charge is 2.00 e. The zero-order valence-electron chi connectivity index (χ0n) is 25.9. The Morgan fingerprint density at radius 1 is 0.377 bits per heavy atom. The predicted octanol–water partition coefficient (Wildman–Crippen LogP) is 5.76. The number of fused-ring (bicyclic) bond motifs is 20. The standard InChI is InChI=1S/C32H12N12O8.Ni/c45-41(46)13-1-5-17-21(9-13)29-34-25(17)33-26-18-6-2-14(42(47)48)10-22(18)30(35-26)37-28-20-8-4-16(44(51)52)12-24(20)32(39-28)40-31-23-11-15(43(49)50)3-7-19(23)27(36-29)38-31;/h1-12H;/q-2;+2. The quantitative estimate of drug-likeness (QED) is 0.117. The Balaban J connectivity index is 0.00000400. The fraction of sp³-hybridized carbons (Fsp3) is 0. The normalized spacial score (nSPS) is 11.5. The van der Waals surface area contributed by atoms with Crippen molar-refractivity contribution in [2.45, 2.75) is 0 Å². The van der Waals surface area contributed by atoms with E-state index in [-0.39, 0.29) is 107 Å². The smallest absolute Gasteiger partial charge is 0.357 e. The van der Waals surface area contributed by atoms with Crippen molar-refractivity contribution in [1.82, 2.24) is 39.9 Å². The summed E-state index contributed by atoms with van der Waals surface area (Å²) in [5.74, 6) is -0.0435. The molecule has 2 aliphatic rings. The summed E-state index contributed by atoms with van der Waals surface area (Å²) in [5, 5.41) is 48.1. The molecule has 8 bridgehead atoms. The van der Waals surface area contributed by atoms with Gasteiger partial charge in [-0.05, 0) is 35.0 Å². The van der Waals surface area contributed by atoms with E-state index in [0.29, 0.717) is 21.9 Å². The average molecular weight is 751 g/mol. The summed E-state index contributed by atoms with van der Waals surface area (Å²) in [6.45, 7) is 0. The monoisotopic (exact) mass is 750 g/mol. The van der Waals surface area contributed by atoms with Gasteiger partial charge in [-0.3, -0.25) is 40.5 Å². The second kappa shape index (κ2) is 11.7. The Hall–Kier alpha value is -7.67. The average Bonchev–Trinajstić information content (AvgIpc) is 3.85. The molecule has 3 aromatic heterocycles. The molecule has 0 aliphatic carbocycles. The van der Waals surface area contributed by atoms with Gasteiger partial charge in [-0.15, -0.1) is 0 Å². The molecule has 7 aromatic rings. The van der Waals surface area contributed by atoms with Crippen LogP contribution in [0.15, 0.2) is 72.8 Å². The Morgan fingerprint density at radius 3 is 1.04 bits per heavy atom. The van der Waals surface area contributed by atoms with Gasteiger partial charge in [0.05, 0.1) is 43.0 Å². The van der Waals surface area contributed by atoms with Crippen LogP contribution >= 0.6 is 0 Å². The van der Waals surface area contributed by atoms with Crippen molar-refractivity contribution >= 4 is 66.9 Å². The van der Waals surface area contributed by atoms with Crippen molar-refractivity contribution in [1.29, 1.82) is 0 Å². The molecule has 0 saturated carbocycles. The minimum absolute atomic E-state index is 0. The molecule has 20 nitrogen and oxygen atoms in total. The summed E-state index contributed by atoms with van der Waals surface area (Å²) >= 11 is 0. The van der Waals surface area contributed by atoms with Crippen LogP contribution in [0.1, 0.15) is 0 Å². The molecule has 0 fully saturated rings. The fourth-order valence-corrected chi connectivity index (χ4v) is 6.07. The summed E-state index contributed by atoms with van der Waals surface area (Å²) in [6.07, 6.45) is 0. The maximum atomic E-state index is 11.8. The van der Waals surface area contributed by atoms with E-state index >= 15 is 0 Å². The van der Waals surface area contributed by atoms with Gasteiger partial charge in [-0.1, -0.05) is 0 Å². The van der Waals surface area contributed by atoms with Crippen LogP contribution in [-0.2, 0) is 16.5 Å². The van der Waals surface area contributed by atoms with Crippen LogP contribution in [-0.4, -0.2) is 49.6 Å². The van der Waals surface area contributed by atoms with E-state index < -0.39 is 19.7 Å². The number of nitrogens with zero attached hydrogens (tertiary/aromatic N) is 12. The Bertz CT molecular complexity index is 3020. The summed E-state index contributed by atoms with van der Waals surface area (Å²) in [6, 6.07) is 15.8. The Morgan fingerprint density at radius 2 is 0.679 bits per heavy atom. The van der Waals surface area contributed by atoms with E-state index in [1.54, 1.807) is 0 Å². The van der Waals surface area contributed by atoms with Crippen molar-refractivity contribution in [3.8, 4) is 45.6 Å². The van der Waals surface area contributed by atoms with Crippen molar-refractivity contribution in [2.75, 3.05) is 0 Å². The van der Waals surface area contributed by atoms with Crippen molar-refractivity contribution in [3.05, 3.63) is 113 Å². The topological polar surface area (TPSA) is 278 Å². The first-order valence-corrected chi connectivity index (χ1v) is 14.9. The summed E-state index contributed by atoms with van der Waals surface area (Å²) < 4.78 is 0. The van der Waals surface area contributed by atoms with Crippen LogP contribution in [0.25, 0.3) is 89.7 Å². The second-order valence-electron chi connectivity index (χ2n) is 11.4. The second-order valence-corrected chi connectivity index (χ2v) is 11.4. The third kappa shape index (κ3) is 5.14. The first kappa shape index (κ1) is 32.5. The first-order valence-electron chi connectivity index (χ1n) is 14.9. The zero-order valence-corrected chi connectivity index (χ0v) is 26.9. The number of rotatable bonds is 4. The summed E-state index contributed by atoms with van der Waals surface area (Å²) in [7, 11) is 0.